The Balaban J connectivity index is 1.44. The van der Waals surface area contributed by atoms with Crippen LogP contribution in [0.5, 0.6) is 0 Å². The van der Waals surface area contributed by atoms with E-state index in [1.807, 2.05) is 29.8 Å². The third kappa shape index (κ3) is 4.10. The predicted octanol–water partition coefficient (Wildman–Crippen LogP) is 5.14. The van der Waals surface area contributed by atoms with E-state index in [1.54, 1.807) is 6.20 Å². The summed E-state index contributed by atoms with van der Waals surface area (Å²) >= 11 is 2.91. The number of imidazole rings is 1. The van der Waals surface area contributed by atoms with Crippen molar-refractivity contribution in [2.45, 2.75) is 25.9 Å². The van der Waals surface area contributed by atoms with Gasteiger partial charge in [-0.2, -0.15) is 0 Å². The molecule has 1 N–H and O–H groups in total. The van der Waals surface area contributed by atoms with Gasteiger partial charge in [0.1, 0.15) is 0 Å². The van der Waals surface area contributed by atoms with Gasteiger partial charge in [-0.15, -0.1) is 0 Å². The van der Waals surface area contributed by atoms with E-state index in [0.717, 1.165) is 21.1 Å². The van der Waals surface area contributed by atoms with Crippen LogP contribution in [0.25, 0.3) is 15.9 Å². The number of aromatic nitrogens is 3. The van der Waals surface area contributed by atoms with Crippen molar-refractivity contribution >= 4 is 44.4 Å². The van der Waals surface area contributed by atoms with Gasteiger partial charge in [-0.1, -0.05) is 35.2 Å². The number of fused-ring (bicyclic) bond motifs is 1. The van der Waals surface area contributed by atoms with Gasteiger partial charge in [0, 0.05) is 18.1 Å². The van der Waals surface area contributed by atoms with Crippen molar-refractivity contribution in [3.8, 4) is 5.69 Å². The first-order chi connectivity index (χ1) is 13.5. The van der Waals surface area contributed by atoms with Crippen molar-refractivity contribution in [2.75, 3.05) is 11.1 Å². The average molecular weight is 409 g/mol. The van der Waals surface area contributed by atoms with E-state index >= 15 is 0 Å². The molecule has 0 saturated heterocycles. The van der Waals surface area contributed by atoms with Gasteiger partial charge in [-0.25, -0.2) is 9.97 Å². The summed E-state index contributed by atoms with van der Waals surface area (Å²) in [5.41, 5.74) is 5.54. The summed E-state index contributed by atoms with van der Waals surface area (Å²) in [5.74, 6) is 0.187. The highest BCUT2D eigenvalue weighted by Gasteiger charge is 2.12. The molecule has 2 aromatic heterocycles. The maximum atomic E-state index is 12.4. The molecule has 0 aliphatic rings. The third-order valence-corrected chi connectivity index (χ3v) is 6.11. The molecule has 0 atom stereocenters. The lowest BCUT2D eigenvalue weighted by Gasteiger charge is -2.09. The zero-order valence-corrected chi connectivity index (χ0v) is 17.5. The van der Waals surface area contributed by atoms with Crippen molar-refractivity contribution in [3.63, 3.8) is 0 Å². The highest BCUT2D eigenvalue weighted by molar-refractivity contribution is 7.99. The highest BCUT2D eigenvalue weighted by Crippen LogP contribution is 2.27. The summed E-state index contributed by atoms with van der Waals surface area (Å²) in [6, 6.07) is 12.4. The number of nitrogens with zero attached hydrogens (tertiary/aromatic N) is 3. The van der Waals surface area contributed by atoms with Crippen molar-refractivity contribution in [1.82, 2.24) is 14.5 Å². The number of hydrogen-bond acceptors (Lipinski definition) is 5. The van der Waals surface area contributed by atoms with Crippen LogP contribution >= 0.6 is 23.1 Å². The van der Waals surface area contributed by atoms with Crippen molar-refractivity contribution in [1.29, 1.82) is 0 Å². The molecule has 2 heterocycles. The molecule has 0 spiro atoms. The Bertz CT molecular complexity index is 1140. The quantitative estimate of drug-likeness (QED) is 0.465. The summed E-state index contributed by atoms with van der Waals surface area (Å²) in [5, 5.41) is 4.32. The fourth-order valence-electron chi connectivity index (χ4n) is 3.05. The smallest absolute Gasteiger partial charge is 0.236 e. The maximum absolute atomic E-state index is 12.4. The molecule has 28 heavy (non-hydrogen) atoms. The third-order valence-electron chi connectivity index (χ3n) is 4.21. The molecule has 142 valence electrons. The van der Waals surface area contributed by atoms with E-state index < -0.39 is 0 Å². The SMILES string of the molecule is Cc1cc(C)cc(-n2ccnc2SCC(=O)Nc2nc3ccc(C)cc3s2)c1. The molecule has 0 saturated carbocycles. The van der Waals surface area contributed by atoms with Crippen LogP contribution in [0.4, 0.5) is 5.13 Å². The number of aryl methyl sites for hydroxylation is 3. The van der Waals surface area contributed by atoms with Gasteiger partial charge in [0.05, 0.1) is 16.0 Å². The second kappa shape index (κ2) is 7.77. The standard InChI is InChI=1S/C21H20N4OS2/c1-13-4-5-17-18(11-13)28-20(23-17)24-19(26)12-27-21-22-6-7-25(21)16-9-14(2)8-15(3)10-16/h4-11H,12H2,1-3H3,(H,23,24,26). The van der Waals surface area contributed by atoms with Gasteiger partial charge in [0.25, 0.3) is 0 Å². The van der Waals surface area contributed by atoms with Crippen molar-refractivity contribution in [3.05, 3.63) is 65.5 Å². The minimum absolute atomic E-state index is 0.0873. The minimum atomic E-state index is -0.0873. The zero-order chi connectivity index (χ0) is 19.7. The van der Waals surface area contributed by atoms with Gasteiger partial charge >= 0.3 is 0 Å². The number of carbonyl (C=O) groups excluding carboxylic acids is 1. The Hall–Kier alpha value is -2.64. The molecule has 0 aliphatic carbocycles. The fourth-order valence-corrected chi connectivity index (χ4v) is 4.81. The van der Waals surface area contributed by atoms with Gasteiger partial charge in [-0.05, 0) is 61.7 Å². The number of benzene rings is 2. The zero-order valence-electron chi connectivity index (χ0n) is 15.9. The van der Waals surface area contributed by atoms with Crippen LogP contribution in [0.2, 0.25) is 0 Å². The largest absolute Gasteiger partial charge is 0.301 e. The first kappa shape index (κ1) is 18.7. The summed E-state index contributed by atoms with van der Waals surface area (Å²) in [7, 11) is 0. The number of anilines is 1. The second-order valence-corrected chi connectivity index (χ2v) is 8.73. The van der Waals surface area contributed by atoms with E-state index in [-0.39, 0.29) is 11.7 Å². The normalized spacial score (nSPS) is 11.1. The summed E-state index contributed by atoms with van der Waals surface area (Å²) in [6.45, 7) is 6.20. The number of thioether (sulfide) groups is 1. The monoisotopic (exact) mass is 408 g/mol. The van der Waals surface area contributed by atoms with Gasteiger partial charge < -0.3 is 5.32 Å². The van der Waals surface area contributed by atoms with Gasteiger partial charge in [0.15, 0.2) is 10.3 Å². The molecule has 1 amide bonds. The Kier molecular flexibility index (Phi) is 5.19. The average Bonchev–Trinajstić information content (AvgIpc) is 3.24. The Morgan fingerprint density at radius 1 is 1.11 bits per heavy atom. The lowest BCUT2D eigenvalue weighted by Crippen LogP contribution is -2.14. The molecule has 0 radical (unpaired) electrons. The lowest BCUT2D eigenvalue weighted by atomic mass is 10.1. The number of amides is 1. The van der Waals surface area contributed by atoms with Crippen LogP contribution in [0.15, 0.2) is 53.9 Å². The number of nitrogens with one attached hydrogen (secondary N) is 1. The summed E-state index contributed by atoms with van der Waals surface area (Å²) in [6.07, 6.45) is 3.68. The number of thiazole rings is 1. The van der Waals surface area contributed by atoms with Crippen LogP contribution in [-0.2, 0) is 4.79 Å². The van der Waals surface area contributed by atoms with Crippen LogP contribution in [0.1, 0.15) is 16.7 Å². The second-order valence-electron chi connectivity index (χ2n) is 6.75. The van der Waals surface area contributed by atoms with Gasteiger partial charge in [-0.3, -0.25) is 9.36 Å². The highest BCUT2D eigenvalue weighted by atomic mass is 32.2. The fraction of sp³-hybridized carbons (Fsp3) is 0.190. The molecule has 4 rings (SSSR count). The molecule has 0 unspecified atom stereocenters. The summed E-state index contributed by atoms with van der Waals surface area (Å²) < 4.78 is 3.09. The van der Waals surface area contributed by atoms with Crippen LogP contribution in [-0.4, -0.2) is 26.2 Å². The van der Waals surface area contributed by atoms with E-state index in [9.17, 15) is 4.79 Å². The minimum Gasteiger partial charge on any atom is -0.301 e. The van der Waals surface area contributed by atoms with E-state index in [1.165, 1.54) is 39.8 Å². The number of carbonyl (C=O) groups is 1. The van der Waals surface area contributed by atoms with Crippen molar-refractivity contribution < 1.29 is 4.79 Å². The van der Waals surface area contributed by atoms with Crippen molar-refractivity contribution in [2.24, 2.45) is 0 Å². The Morgan fingerprint density at radius 2 is 1.89 bits per heavy atom. The van der Waals surface area contributed by atoms with Crippen LogP contribution in [0.3, 0.4) is 0 Å². The molecule has 0 fully saturated rings. The van der Waals surface area contributed by atoms with Crippen LogP contribution < -0.4 is 5.32 Å². The molecular weight excluding hydrogens is 388 g/mol. The van der Waals surface area contributed by atoms with Crippen LogP contribution in [0, 0.1) is 20.8 Å². The topological polar surface area (TPSA) is 59.8 Å². The maximum Gasteiger partial charge on any atom is 0.236 e. The molecule has 5 nitrogen and oxygen atoms in total. The molecular formula is C21H20N4OS2. The van der Waals surface area contributed by atoms with E-state index in [4.69, 9.17) is 0 Å². The van der Waals surface area contributed by atoms with Gasteiger partial charge in [0.2, 0.25) is 5.91 Å². The molecule has 0 aliphatic heterocycles. The first-order valence-corrected chi connectivity index (χ1v) is 10.7. The lowest BCUT2D eigenvalue weighted by molar-refractivity contribution is -0.113. The number of hydrogen-bond donors (Lipinski definition) is 1. The number of rotatable bonds is 5. The predicted molar refractivity (Wildman–Crippen MR) is 117 cm³/mol. The molecule has 2 aromatic carbocycles. The molecule has 0 bridgehead atoms. The molecule has 7 heteroatoms. The molecule has 4 aromatic rings. The van der Waals surface area contributed by atoms with E-state index in [2.05, 4.69) is 53.4 Å². The van der Waals surface area contributed by atoms with E-state index in [0.29, 0.717) is 5.13 Å². The Morgan fingerprint density at radius 3 is 2.68 bits per heavy atom. The summed E-state index contributed by atoms with van der Waals surface area (Å²) in [4.78, 5) is 21.3. The first-order valence-electron chi connectivity index (χ1n) is 8.90. The Labute approximate surface area is 171 Å².